The van der Waals surface area contributed by atoms with Crippen LogP contribution in [-0.2, 0) is 0 Å². The normalized spacial score (nSPS) is 10.7. The molecule has 0 aliphatic carbocycles. The van der Waals surface area contributed by atoms with Crippen LogP contribution in [0.25, 0.3) is 10.9 Å². The molecule has 2 aromatic carbocycles. The Labute approximate surface area is 132 Å². The van der Waals surface area contributed by atoms with E-state index in [2.05, 4.69) is 15.5 Å². The number of hydrogen-bond acceptors (Lipinski definition) is 3. The number of H-pyrrole nitrogens is 1. The number of halogens is 1. The van der Waals surface area contributed by atoms with Crippen LogP contribution in [-0.4, -0.2) is 30.2 Å². The van der Waals surface area contributed by atoms with Crippen molar-refractivity contribution in [2.45, 2.75) is 0 Å². The molecule has 1 heterocycles. The van der Waals surface area contributed by atoms with Crippen molar-refractivity contribution < 1.29 is 4.79 Å². The quantitative estimate of drug-likeness (QED) is 0.777. The number of aromatic nitrogens is 2. The van der Waals surface area contributed by atoms with Gasteiger partial charge in [-0.15, -0.1) is 0 Å². The van der Waals surface area contributed by atoms with Gasteiger partial charge in [-0.1, -0.05) is 11.6 Å². The first-order valence-corrected chi connectivity index (χ1v) is 7.14. The van der Waals surface area contributed by atoms with Crippen molar-refractivity contribution in [1.29, 1.82) is 0 Å². The van der Waals surface area contributed by atoms with E-state index in [-0.39, 0.29) is 5.91 Å². The van der Waals surface area contributed by atoms with Gasteiger partial charge in [0.25, 0.3) is 5.91 Å². The molecule has 0 radical (unpaired) electrons. The van der Waals surface area contributed by atoms with E-state index in [0.717, 1.165) is 16.6 Å². The molecule has 0 spiro atoms. The Morgan fingerprint density at radius 3 is 2.59 bits per heavy atom. The topological polar surface area (TPSA) is 61.0 Å². The molecular weight excluding hydrogens is 300 g/mol. The Hall–Kier alpha value is -2.53. The van der Waals surface area contributed by atoms with E-state index in [0.29, 0.717) is 16.3 Å². The summed E-state index contributed by atoms with van der Waals surface area (Å²) in [6.07, 6.45) is 1.64. The monoisotopic (exact) mass is 314 g/mol. The summed E-state index contributed by atoms with van der Waals surface area (Å²) in [5.41, 5.74) is 3.01. The van der Waals surface area contributed by atoms with Gasteiger partial charge in [-0.05, 0) is 36.4 Å². The minimum atomic E-state index is -0.199. The van der Waals surface area contributed by atoms with Crippen molar-refractivity contribution in [3.63, 3.8) is 0 Å². The molecule has 3 aromatic rings. The van der Waals surface area contributed by atoms with Crippen LogP contribution in [0.15, 0.2) is 42.6 Å². The first-order chi connectivity index (χ1) is 10.6. The standard InChI is InChI=1S/C16H15ClN4O/c1-21(2)11-5-3-10(4-6-11)16(22)19-14-8-7-13-12(15(14)17)9-18-20-13/h3-9H,1-2H3,(H,18,20)(H,19,22). The lowest BCUT2D eigenvalue weighted by Gasteiger charge is -2.13. The van der Waals surface area contributed by atoms with Crippen molar-refractivity contribution in [1.82, 2.24) is 10.2 Å². The van der Waals surface area contributed by atoms with Gasteiger partial charge in [0.1, 0.15) is 0 Å². The molecule has 0 fully saturated rings. The molecule has 6 heteroatoms. The number of anilines is 2. The average molecular weight is 315 g/mol. The molecule has 0 atom stereocenters. The van der Waals surface area contributed by atoms with Gasteiger partial charge >= 0.3 is 0 Å². The van der Waals surface area contributed by atoms with Crippen LogP contribution in [0.5, 0.6) is 0 Å². The smallest absolute Gasteiger partial charge is 0.255 e. The molecule has 22 heavy (non-hydrogen) atoms. The van der Waals surface area contributed by atoms with Crippen LogP contribution < -0.4 is 10.2 Å². The number of rotatable bonds is 3. The van der Waals surface area contributed by atoms with Gasteiger partial charge in [0.2, 0.25) is 0 Å². The first kappa shape index (κ1) is 14.4. The highest BCUT2D eigenvalue weighted by molar-refractivity contribution is 6.38. The number of amides is 1. The number of benzene rings is 2. The Morgan fingerprint density at radius 1 is 1.18 bits per heavy atom. The van der Waals surface area contributed by atoms with Gasteiger partial charge in [-0.2, -0.15) is 5.10 Å². The van der Waals surface area contributed by atoms with E-state index in [9.17, 15) is 4.79 Å². The maximum Gasteiger partial charge on any atom is 0.255 e. The maximum atomic E-state index is 12.3. The van der Waals surface area contributed by atoms with Crippen LogP contribution in [0, 0.1) is 0 Å². The fraction of sp³-hybridized carbons (Fsp3) is 0.125. The zero-order valence-corrected chi connectivity index (χ0v) is 13.0. The molecule has 5 nitrogen and oxygen atoms in total. The zero-order valence-electron chi connectivity index (χ0n) is 12.2. The zero-order chi connectivity index (χ0) is 15.7. The summed E-state index contributed by atoms with van der Waals surface area (Å²) in [6, 6.07) is 11.0. The van der Waals surface area contributed by atoms with E-state index >= 15 is 0 Å². The predicted octanol–water partition coefficient (Wildman–Crippen LogP) is 3.53. The Bertz CT molecular complexity index is 824. The fourth-order valence-electron chi connectivity index (χ4n) is 2.18. The minimum absolute atomic E-state index is 0.199. The second-order valence-electron chi connectivity index (χ2n) is 5.15. The molecule has 2 N–H and O–H groups in total. The molecule has 0 bridgehead atoms. The highest BCUT2D eigenvalue weighted by Gasteiger charge is 2.11. The highest BCUT2D eigenvalue weighted by Crippen LogP contribution is 2.30. The minimum Gasteiger partial charge on any atom is -0.378 e. The molecular formula is C16H15ClN4O. The van der Waals surface area contributed by atoms with Crippen LogP contribution in [0.2, 0.25) is 5.02 Å². The van der Waals surface area contributed by atoms with E-state index in [1.54, 1.807) is 24.4 Å². The number of nitrogens with zero attached hydrogens (tertiary/aromatic N) is 2. The van der Waals surface area contributed by atoms with Crippen molar-refractivity contribution in [3.05, 3.63) is 53.2 Å². The van der Waals surface area contributed by atoms with Gasteiger partial charge in [0, 0.05) is 30.7 Å². The van der Waals surface area contributed by atoms with Crippen molar-refractivity contribution in [3.8, 4) is 0 Å². The molecule has 3 rings (SSSR count). The van der Waals surface area contributed by atoms with E-state index in [1.165, 1.54) is 0 Å². The third-order valence-electron chi connectivity index (χ3n) is 3.45. The number of carbonyl (C=O) groups excluding carboxylic acids is 1. The van der Waals surface area contributed by atoms with Crippen molar-refractivity contribution in [2.75, 3.05) is 24.3 Å². The molecule has 0 unspecified atom stereocenters. The third-order valence-corrected chi connectivity index (χ3v) is 3.86. The fourth-order valence-corrected chi connectivity index (χ4v) is 2.45. The number of fused-ring (bicyclic) bond motifs is 1. The van der Waals surface area contributed by atoms with E-state index in [4.69, 9.17) is 11.6 Å². The third kappa shape index (κ3) is 2.63. The molecule has 0 aliphatic rings. The molecule has 0 aliphatic heterocycles. The first-order valence-electron chi connectivity index (χ1n) is 6.76. The van der Waals surface area contributed by atoms with E-state index in [1.807, 2.05) is 37.2 Å². The second-order valence-corrected chi connectivity index (χ2v) is 5.53. The van der Waals surface area contributed by atoms with Gasteiger partial charge in [0.15, 0.2) is 0 Å². The second kappa shape index (κ2) is 5.69. The summed E-state index contributed by atoms with van der Waals surface area (Å²) in [4.78, 5) is 14.3. The predicted molar refractivity (Wildman–Crippen MR) is 89.8 cm³/mol. The molecule has 112 valence electrons. The lowest BCUT2D eigenvalue weighted by molar-refractivity contribution is 0.102. The number of nitrogens with one attached hydrogen (secondary N) is 2. The molecule has 1 amide bonds. The van der Waals surface area contributed by atoms with Crippen molar-refractivity contribution in [2.24, 2.45) is 0 Å². The Kier molecular flexibility index (Phi) is 3.73. The lowest BCUT2D eigenvalue weighted by atomic mass is 10.1. The van der Waals surface area contributed by atoms with Gasteiger partial charge in [-0.3, -0.25) is 9.89 Å². The summed E-state index contributed by atoms with van der Waals surface area (Å²) >= 11 is 6.30. The van der Waals surface area contributed by atoms with Gasteiger partial charge in [-0.25, -0.2) is 0 Å². The van der Waals surface area contributed by atoms with Gasteiger partial charge < -0.3 is 10.2 Å². The highest BCUT2D eigenvalue weighted by atomic mass is 35.5. The largest absolute Gasteiger partial charge is 0.378 e. The Morgan fingerprint density at radius 2 is 1.91 bits per heavy atom. The molecule has 0 saturated heterocycles. The van der Waals surface area contributed by atoms with Gasteiger partial charge in [0.05, 0.1) is 22.4 Å². The summed E-state index contributed by atoms with van der Waals surface area (Å²) in [6.45, 7) is 0. The summed E-state index contributed by atoms with van der Waals surface area (Å²) in [5, 5.41) is 10.9. The number of aromatic amines is 1. The van der Waals surface area contributed by atoms with Crippen LogP contribution in [0.3, 0.4) is 0 Å². The molecule has 0 saturated carbocycles. The summed E-state index contributed by atoms with van der Waals surface area (Å²) < 4.78 is 0. The SMILES string of the molecule is CN(C)c1ccc(C(=O)Nc2ccc3[nH]ncc3c2Cl)cc1. The molecule has 1 aromatic heterocycles. The average Bonchev–Trinajstić information content (AvgIpc) is 2.99. The van der Waals surface area contributed by atoms with E-state index < -0.39 is 0 Å². The lowest BCUT2D eigenvalue weighted by Crippen LogP contribution is -2.13. The van der Waals surface area contributed by atoms with Crippen LogP contribution in [0.1, 0.15) is 10.4 Å². The van der Waals surface area contributed by atoms with Crippen molar-refractivity contribution >= 4 is 39.8 Å². The Balaban J connectivity index is 1.84. The maximum absolute atomic E-state index is 12.3. The number of carbonyl (C=O) groups is 1. The van der Waals surface area contributed by atoms with Crippen LogP contribution >= 0.6 is 11.6 Å². The van der Waals surface area contributed by atoms with Crippen LogP contribution in [0.4, 0.5) is 11.4 Å². The summed E-state index contributed by atoms with van der Waals surface area (Å²) in [5.74, 6) is -0.199. The summed E-state index contributed by atoms with van der Waals surface area (Å²) in [7, 11) is 3.91. The number of hydrogen-bond donors (Lipinski definition) is 2.